The Morgan fingerprint density at radius 1 is 1.47 bits per heavy atom. The summed E-state index contributed by atoms with van der Waals surface area (Å²) in [6.07, 6.45) is 3.71. The van der Waals surface area contributed by atoms with Crippen LogP contribution in [0, 0.1) is 6.92 Å². The first-order valence-corrected chi connectivity index (χ1v) is 6.61. The minimum absolute atomic E-state index is 0.0276. The Hall–Kier alpha value is -1.52. The lowest BCUT2D eigenvalue weighted by atomic mass is 10.1. The molecule has 2 aromatic rings. The van der Waals surface area contributed by atoms with E-state index in [1.165, 1.54) is 0 Å². The summed E-state index contributed by atoms with van der Waals surface area (Å²) in [5.41, 5.74) is 6.81. The number of nitrogens with zero attached hydrogens (tertiary/aromatic N) is 2. The maximum absolute atomic E-state index is 6.17. The van der Waals surface area contributed by atoms with Crippen LogP contribution in [0.2, 0.25) is 5.02 Å². The maximum atomic E-state index is 6.17. The highest BCUT2D eigenvalue weighted by atomic mass is 35.5. The van der Waals surface area contributed by atoms with Gasteiger partial charge in [-0.25, -0.2) is 4.98 Å². The third-order valence-corrected chi connectivity index (χ3v) is 3.29. The van der Waals surface area contributed by atoms with Gasteiger partial charge in [0, 0.05) is 18.4 Å². The van der Waals surface area contributed by atoms with E-state index in [2.05, 4.69) is 4.98 Å². The molecule has 1 heterocycles. The number of nitrogens with two attached hydrogens (primary N) is 1. The topological polar surface area (TPSA) is 53.1 Å². The summed E-state index contributed by atoms with van der Waals surface area (Å²) >= 11 is 6.17. The van der Waals surface area contributed by atoms with Crippen LogP contribution in [-0.2, 0) is 6.54 Å². The van der Waals surface area contributed by atoms with Crippen molar-refractivity contribution in [1.29, 1.82) is 0 Å². The molecule has 1 atom stereocenters. The van der Waals surface area contributed by atoms with E-state index in [4.69, 9.17) is 22.1 Å². The van der Waals surface area contributed by atoms with Gasteiger partial charge in [-0.2, -0.15) is 0 Å². The quantitative estimate of drug-likeness (QED) is 0.915. The minimum Gasteiger partial charge on any atom is -0.490 e. The summed E-state index contributed by atoms with van der Waals surface area (Å²) in [4.78, 5) is 4.16. The Labute approximate surface area is 118 Å². The Balaban J connectivity index is 1.95. The van der Waals surface area contributed by atoms with Gasteiger partial charge in [-0.1, -0.05) is 17.7 Å². The van der Waals surface area contributed by atoms with Gasteiger partial charge in [-0.3, -0.25) is 0 Å². The molecule has 0 fully saturated rings. The number of hydrogen-bond donors (Lipinski definition) is 1. The van der Waals surface area contributed by atoms with Crippen LogP contribution in [-0.4, -0.2) is 16.2 Å². The van der Waals surface area contributed by atoms with E-state index in [-0.39, 0.29) is 6.04 Å². The van der Waals surface area contributed by atoms with Gasteiger partial charge in [-0.15, -0.1) is 0 Å². The van der Waals surface area contributed by atoms with Gasteiger partial charge in [0.1, 0.15) is 18.2 Å². The summed E-state index contributed by atoms with van der Waals surface area (Å²) in [7, 11) is 0. The highest BCUT2D eigenvalue weighted by molar-refractivity contribution is 6.32. The Morgan fingerprint density at radius 2 is 2.26 bits per heavy atom. The number of halogens is 1. The van der Waals surface area contributed by atoms with Crippen molar-refractivity contribution in [2.45, 2.75) is 26.4 Å². The molecular formula is C14H18ClN3O. The number of aryl methyl sites for hydroxylation is 1. The number of hydrogen-bond acceptors (Lipinski definition) is 3. The molecule has 0 radical (unpaired) electrons. The van der Waals surface area contributed by atoms with Gasteiger partial charge in [0.15, 0.2) is 0 Å². The van der Waals surface area contributed by atoms with Gasteiger partial charge in [0.05, 0.1) is 11.6 Å². The van der Waals surface area contributed by atoms with Crippen LogP contribution in [0.1, 0.15) is 24.4 Å². The molecule has 0 saturated carbocycles. The van der Waals surface area contributed by atoms with Crippen LogP contribution < -0.4 is 10.5 Å². The second kappa shape index (κ2) is 6.08. The lowest BCUT2D eigenvalue weighted by Gasteiger charge is -2.12. The molecule has 0 spiro atoms. The second-order valence-corrected chi connectivity index (χ2v) is 4.90. The molecule has 102 valence electrons. The molecule has 0 aliphatic heterocycles. The van der Waals surface area contributed by atoms with E-state index >= 15 is 0 Å². The fourth-order valence-electron chi connectivity index (χ4n) is 1.81. The third kappa shape index (κ3) is 3.49. The normalized spacial score (nSPS) is 12.4. The van der Waals surface area contributed by atoms with Gasteiger partial charge >= 0.3 is 0 Å². The Kier molecular flexibility index (Phi) is 4.45. The third-order valence-electron chi connectivity index (χ3n) is 3.00. The van der Waals surface area contributed by atoms with E-state index in [0.717, 1.165) is 17.9 Å². The zero-order chi connectivity index (χ0) is 13.8. The number of imidazole rings is 1. The van der Waals surface area contributed by atoms with Crippen molar-refractivity contribution in [3.05, 3.63) is 47.0 Å². The highest BCUT2D eigenvalue weighted by Gasteiger charge is 2.06. The molecule has 0 saturated heterocycles. The molecule has 2 rings (SSSR count). The second-order valence-electron chi connectivity index (χ2n) is 4.49. The molecule has 2 N–H and O–H groups in total. The first-order chi connectivity index (χ1) is 9.08. The predicted molar refractivity (Wildman–Crippen MR) is 76.5 cm³/mol. The van der Waals surface area contributed by atoms with Crippen LogP contribution in [0.3, 0.4) is 0 Å². The number of ether oxygens (including phenoxy) is 1. The van der Waals surface area contributed by atoms with Crippen LogP contribution in [0.25, 0.3) is 0 Å². The Bertz CT molecular complexity index is 551. The van der Waals surface area contributed by atoms with Crippen LogP contribution in [0.4, 0.5) is 0 Å². The van der Waals surface area contributed by atoms with Crippen molar-refractivity contribution in [2.24, 2.45) is 5.73 Å². The first kappa shape index (κ1) is 13.9. The molecule has 0 aliphatic carbocycles. The molecule has 0 unspecified atom stereocenters. The van der Waals surface area contributed by atoms with Crippen molar-refractivity contribution in [1.82, 2.24) is 9.55 Å². The van der Waals surface area contributed by atoms with Crippen molar-refractivity contribution in [3.63, 3.8) is 0 Å². The highest BCUT2D eigenvalue weighted by Crippen LogP contribution is 2.27. The lowest BCUT2D eigenvalue weighted by Crippen LogP contribution is -2.09. The van der Waals surface area contributed by atoms with Gasteiger partial charge in [-0.05, 0) is 31.5 Å². The number of rotatable bonds is 5. The van der Waals surface area contributed by atoms with Crippen molar-refractivity contribution in [3.8, 4) is 5.75 Å². The molecule has 0 aliphatic rings. The smallest absolute Gasteiger partial charge is 0.137 e. The van der Waals surface area contributed by atoms with Crippen LogP contribution in [0.5, 0.6) is 5.75 Å². The lowest BCUT2D eigenvalue weighted by molar-refractivity contribution is 0.297. The number of benzene rings is 1. The molecule has 0 bridgehead atoms. The molecule has 1 aromatic heterocycles. The van der Waals surface area contributed by atoms with E-state index in [1.807, 2.05) is 42.8 Å². The summed E-state index contributed by atoms with van der Waals surface area (Å²) in [6, 6.07) is 5.63. The van der Waals surface area contributed by atoms with E-state index in [0.29, 0.717) is 17.4 Å². The average Bonchev–Trinajstić information content (AvgIpc) is 2.77. The van der Waals surface area contributed by atoms with Crippen molar-refractivity contribution in [2.75, 3.05) is 6.61 Å². The average molecular weight is 280 g/mol. The molecule has 4 nitrogen and oxygen atoms in total. The van der Waals surface area contributed by atoms with Crippen molar-refractivity contribution < 1.29 is 4.74 Å². The maximum Gasteiger partial charge on any atom is 0.137 e. The van der Waals surface area contributed by atoms with Crippen LogP contribution >= 0.6 is 11.6 Å². The van der Waals surface area contributed by atoms with Gasteiger partial charge in [0.25, 0.3) is 0 Å². The molecular weight excluding hydrogens is 262 g/mol. The zero-order valence-electron chi connectivity index (χ0n) is 11.1. The monoisotopic (exact) mass is 279 g/mol. The number of aromatic nitrogens is 2. The van der Waals surface area contributed by atoms with Gasteiger partial charge < -0.3 is 15.0 Å². The first-order valence-electron chi connectivity index (χ1n) is 6.23. The summed E-state index contributed by atoms with van der Waals surface area (Å²) in [5, 5.41) is 0.595. The van der Waals surface area contributed by atoms with Crippen LogP contribution in [0.15, 0.2) is 30.6 Å². The largest absolute Gasteiger partial charge is 0.490 e. The Morgan fingerprint density at radius 3 is 2.84 bits per heavy atom. The predicted octanol–water partition coefficient (Wildman–Crippen LogP) is 2.94. The van der Waals surface area contributed by atoms with E-state index in [1.54, 1.807) is 6.20 Å². The fourth-order valence-corrected chi connectivity index (χ4v) is 2.05. The molecule has 1 aromatic carbocycles. The summed E-state index contributed by atoms with van der Waals surface area (Å²) in [5.74, 6) is 1.66. The zero-order valence-corrected chi connectivity index (χ0v) is 11.9. The molecule has 19 heavy (non-hydrogen) atoms. The summed E-state index contributed by atoms with van der Waals surface area (Å²) < 4.78 is 7.71. The standard InChI is InChI=1S/C14H18ClN3O/c1-10(16)12-3-4-14(13(15)9-12)19-8-7-18-6-5-17-11(18)2/h3-6,9-10H,7-8,16H2,1-2H3/t10-/m0/s1. The molecule has 5 heteroatoms. The minimum atomic E-state index is -0.0276. The van der Waals surface area contributed by atoms with E-state index < -0.39 is 0 Å². The van der Waals surface area contributed by atoms with Crippen molar-refractivity contribution >= 4 is 11.6 Å². The van der Waals surface area contributed by atoms with Gasteiger partial charge in [0.2, 0.25) is 0 Å². The fraction of sp³-hybridized carbons (Fsp3) is 0.357. The van der Waals surface area contributed by atoms with E-state index in [9.17, 15) is 0 Å². The summed E-state index contributed by atoms with van der Waals surface area (Å²) in [6.45, 7) is 5.18. The molecule has 0 amide bonds. The SMILES string of the molecule is Cc1nccn1CCOc1ccc([C@H](C)N)cc1Cl.